The molecule has 268 valence electrons. The molecular weight excluding hydrogens is 566 g/mol. The molecule has 1 aliphatic carbocycles. The molecule has 1 fully saturated rings. The van der Waals surface area contributed by atoms with Gasteiger partial charge in [-0.1, -0.05) is 147 Å². The van der Waals surface area contributed by atoms with Gasteiger partial charge >= 0.3 is 5.97 Å². The van der Waals surface area contributed by atoms with Crippen LogP contribution in [0.3, 0.4) is 0 Å². The summed E-state index contributed by atoms with van der Waals surface area (Å²) < 4.78 is 5.89. The van der Waals surface area contributed by atoms with Crippen LogP contribution in [0.5, 0.6) is 0 Å². The van der Waals surface area contributed by atoms with Gasteiger partial charge in [0.05, 0.1) is 6.04 Å². The van der Waals surface area contributed by atoms with Gasteiger partial charge in [-0.15, -0.1) is 0 Å². The topological polar surface area (TPSA) is 55.4 Å². The summed E-state index contributed by atoms with van der Waals surface area (Å²) in [6.07, 6.45) is 47.1. The Morgan fingerprint density at radius 2 is 0.913 bits per heavy atom. The summed E-state index contributed by atoms with van der Waals surface area (Å²) in [5, 5.41) is 3.22. The van der Waals surface area contributed by atoms with Crippen molar-refractivity contribution in [1.29, 1.82) is 0 Å². The third-order valence-electron chi connectivity index (χ3n) is 9.64. The molecule has 0 aromatic heterocycles. The molecule has 0 aromatic carbocycles. The van der Waals surface area contributed by atoms with E-state index >= 15 is 0 Å². The molecule has 0 spiro atoms. The summed E-state index contributed by atoms with van der Waals surface area (Å²) in [7, 11) is 0. The lowest BCUT2D eigenvalue weighted by Crippen LogP contribution is -2.47. The Morgan fingerprint density at radius 3 is 1.39 bits per heavy atom. The third-order valence-corrected chi connectivity index (χ3v) is 9.64. The van der Waals surface area contributed by atoms with Gasteiger partial charge in [-0.3, -0.25) is 9.59 Å². The maximum absolute atomic E-state index is 12.6. The number of esters is 1. The lowest BCUT2D eigenvalue weighted by molar-refractivity contribution is -0.153. The second kappa shape index (κ2) is 33.3. The standard InChI is InChI=1S/C42H77NO3/c1-3-5-7-9-11-13-15-17-19-21-23-25-27-29-31-37-41(44)43-39-35-33-34-36-40(39)46-42(45)38-32-30-28-26-24-22-20-18-16-14-12-10-8-6-4-2/h17-20,39-40H,3-16,21-38H2,1-2H3,(H,43,44)/b19-17-,20-18+. The first kappa shape index (κ1) is 42.4. The van der Waals surface area contributed by atoms with Crippen molar-refractivity contribution in [2.75, 3.05) is 0 Å². The van der Waals surface area contributed by atoms with Crippen molar-refractivity contribution in [2.24, 2.45) is 0 Å². The number of nitrogens with one attached hydrogen (secondary N) is 1. The number of carbonyl (C=O) groups excluding carboxylic acids is 2. The average Bonchev–Trinajstić information content (AvgIpc) is 3.05. The van der Waals surface area contributed by atoms with Crippen LogP contribution in [0.4, 0.5) is 0 Å². The van der Waals surface area contributed by atoms with Crippen molar-refractivity contribution in [1.82, 2.24) is 5.32 Å². The molecule has 4 heteroatoms. The van der Waals surface area contributed by atoms with Crippen molar-refractivity contribution in [3.63, 3.8) is 0 Å². The zero-order chi connectivity index (χ0) is 33.2. The molecule has 1 aliphatic rings. The van der Waals surface area contributed by atoms with E-state index in [0.717, 1.165) is 51.4 Å². The Morgan fingerprint density at radius 1 is 0.522 bits per heavy atom. The van der Waals surface area contributed by atoms with Crippen LogP contribution in [0.1, 0.15) is 219 Å². The summed E-state index contributed by atoms with van der Waals surface area (Å²) in [6, 6.07) is -0.0116. The van der Waals surface area contributed by atoms with Crippen LogP contribution in [-0.2, 0) is 14.3 Å². The molecule has 4 nitrogen and oxygen atoms in total. The van der Waals surface area contributed by atoms with Gasteiger partial charge in [-0.05, 0) is 83.5 Å². The van der Waals surface area contributed by atoms with Gasteiger partial charge in [0.2, 0.25) is 5.91 Å². The van der Waals surface area contributed by atoms with Crippen molar-refractivity contribution in [2.45, 2.75) is 231 Å². The molecule has 1 N–H and O–H groups in total. The van der Waals surface area contributed by atoms with E-state index < -0.39 is 0 Å². The van der Waals surface area contributed by atoms with E-state index in [1.165, 1.54) is 141 Å². The first-order chi connectivity index (χ1) is 22.7. The number of hydrogen-bond donors (Lipinski definition) is 1. The van der Waals surface area contributed by atoms with Gasteiger partial charge in [-0.2, -0.15) is 0 Å². The fourth-order valence-electron chi connectivity index (χ4n) is 6.61. The van der Waals surface area contributed by atoms with Gasteiger partial charge in [0.15, 0.2) is 0 Å². The second-order valence-electron chi connectivity index (χ2n) is 14.2. The Labute approximate surface area is 286 Å². The maximum atomic E-state index is 12.6. The largest absolute Gasteiger partial charge is 0.460 e. The number of amides is 1. The highest BCUT2D eigenvalue weighted by Crippen LogP contribution is 2.23. The Bertz CT molecular complexity index is 683. The molecular formula is C42H77NO3. The van der Waals surface area contributed by atoms with Crippen LogP contribution in [0.2, 0.25) is 0 Å². The summed E-state index contributed by atoms with van der Waals surface area (Å²) in [4.78, 5) is 25.2. The highest BCUT2D eigenvalue weighted by molar-refractivity contribution is 5.76. The molecule has 2 atom stereocenters. The second-order valence-corrected chi connectivity index (χ2v) is 14.2. The number of ether oxygens (including phenoxy) is 1. The van der Waals surface area contributed by atoms with E-state index in [4.69, 9.17) is 4.74 Å². The summed E-state index contributed by atoms with van der Waals surface area (Å²) in [5.41, 5.74) is 0. The van der Waals surface area contributed by atoms with Crippen molar-refractivity contribution < 1.29 is 14.3 Å². The summed E-state index contributed by atoms with van der Waals surface area (Å²) >= 11 is 0. The molecule has 1 amide bonds. The first-order valence-electron chi connectivity index (χ1n) is 20.5. The molecule has 0 bridgehead atoms. The molecule has 0 aliphatic heterocycles. The number of rotatable bonds is 32. The number of hydrogen-bond acceptors (Lipinski definition) is 3. The fourth-order valence-corrected chi connectivity index (χ4v) is 6.61. The molecule has 46 heavy (non-hydrogen) atoms. The fraction of sp³-hybridized carbons (Fsp3) is 0.857. The Hall–Kier alpha value is -1.58. The molecule has 1 saturated carbocycles. The zero-order valence-electron chi connectivity index (χ0n) is 30.8. The lowest BCUT2D eigenvalue weighted by atomic mass is 9.92. The zero-order valence-corrected chi connectivity index (χ0v) is 30.8. The van der Waals surface area contributed by atoms with Crippen LogP contribution < -0.4 is 5.32 Å². The predicted molar refractivity (Wildman–Crippen MR) is 199 cm³/mol. The van der Waals surface area contributed by atoms with E-state index in [2.05, 4.69) is 43.5 Å². The monoisotopic (exact) mass is 644 g/mol. The van der Waals surface area contributed by atoms with E-state index in [1.54, 1.807) is 0 Å². The minimum absolute atomic E-state index is 0.0116. The van der Waals surface area contributed by atoms with Gasteiger partial charge in [0.25, 0.3) is 0 Å². The molecule has 0 heterocycles. The van der Waals surface area contributed by atoms with Gasteiger partial charge in [-0.25, -0.2) is 0 Å². The van der Waals surface area contributed by atoms with Gasteiger partial charge in [0.1, 0.15) is 6.10 Å². The molecule has 1 rings (SSSR count). The number of allylic oxidation sites excluding steroid dienone is 4. The Balaban J connectivity index is 2.00. The molecule has 0 aromatic rings. The first-order valence-corrected chi connectivity index (χ1v) is 20.5. The smallest absolute Gasteiger partial charge is 0.306 e. The highest BCUT2D eigenvalue weighted by Gasteiger charge is 2.29. The van der Waals surface area contributed by atoms with Gasteiger partial charge < -0.3 is 10.1 Å². The minimum Gasteiger partial charge on any atom is -0.460 e. The summed E-state index contributed by atoms with van der Waals surface area (Å²) in [6.45, 7) is 4.54. The SMILES string of the molecule is CCCCCCCC/C=C\CCCCCCCC(=O)NC1CCCCC1OC(=O)CCCCCCC/C=C/CCCCCCCC. The maximum Gasteiger partial charge on any atom is 0.306 e. The van der Waals surface area contributed by atoms with E-state index in [-0.39, 0.29) is 24.0 Å². The van der Waals surface area contributed by atoms with E-state index in [1.807, 2.05) is 0 Å². The van der Waals surface area contributed by atoms with E-state index in [0.29, 0.717) is 12.8 Å². The van der Waals surface area contributed by atoms with Crippen molar-refractivity contribution in [3.05, 3.63) is 24.3 Å². The van der Waals surface area contributed by atoms with Crippen LogP contribution in [0.25, 0.3) is 0 Å². The Kier molecular flexibility index (Phi) is 30.7. The van der Waals surface area contributed by atoms with E-state index in [9.17, 15) is 9.59 Å². The quantitative estimate of drug-likeness (QED) is 0.0451. The van der Waals surface area contributed by atoms with Crippen LogP contribution in [0.15, 0.2) is 24.3 Å². The minimum atomic E-state index is -0.151. The van der Waals surface area contributed by atoms with Crippen LogP contribution >= 0.6 is 0 Å². The number of carbonyl (C=O) groups is 2. The lowest BCUT2D eigenvalue weighted by Gasteiger charge is -2.31. The molecule has 2 unspecified atom stereocenters. The average molecular weight is 644 g/mol. The van der Waals surface area contributed by atoms with Crippen LogP contribution in [0, 0.1) is 0 Å². The number of unbranched alkanes of at least 4 members (excludes halogenated alkanes) is 22. The van der Waals surface area contributed by atoms with Crippen molar-refractivity contribution in [3.8, 4) is 0 Å². The highest BCUT2D eigenvalue weighted by atomic mass is 16.5. The third kappa shape index (κ3) is 27.5. The normalized spacial score (nSPS) is 16.8. The van der Waals surface area contributed by atoms with Crippen molar-refractivity contribution >= 4 is 11.9 Å². The van der Waals surface area contributed by atoms with Crippen LogP contribution in [-0.4, -0.2) is 24.0 Å². The summed E-state index contributed by atoms with van der Waals surface area (Å²) in [5.74, 6) is 0.0452. The van der Waals surface area contributed by atoms with Gasteiger partial charge in [0, 0.05) is 12.8 Å². The predicted octanol–water partition coefficient (Wildman–Crippen LogP) is 13.0. The molecule has 0 radical (unpaired) electrons. The molecule has 0 saturated heterocycles.